The van der Waals surface area contributed by atoms with Gasteiger partial charge in [0.2, 0.25) is 0 Å². The lowest BCUT2D eigenvalue weighted by atomic mass is 10.1. The first-order valence-corrected chi connectivity index (χ1v) is 5.30. The molecule has 0 saturated carbocycles. The first-order valence-electron chi connectivity index (χ1n) is 4.18. The SMILES string of the molecule is O=C(Cc1cccc(F)c1)OCCBr. The van der Waals surface area contributed by atoms with E-state index in [1.807, 2.05) is 0 Å². The van der Waals surface area contributed by atoms with Gasteiger partial charge in [0.1, 0.15) is 12.4 Å². The van der Waals surface area contributed by atoms with Crippen LogP contribution < -0.4 is 0 Å². The molecule has 0 bridgehead atoms. The topological polar surface area (TPSA) is 26.3 Å². The molecule has 0 unspecified atom stereocenters. The third kappa shape index (κ3) is 3.87. The maximum Gasteiger partial charge on any atom is 0.310 e. The van der Waals surface area contributed by atoms with E-state index in [9.17, 15) is 9.18 Å². The summed E-state index contributed by atoms with van der Waals surface area (Å²) in [5.74, 6) is -0.675. The smallest absolute Gasteiger partial charge is 0.310 e. The molecule has 1 aromatic carbocycles. The molecular weight excluding hydrogens is 251 g/mol. The summed E-state index contributed by atoms with van der Waals surface area (Å²) in [5, 5.41) is 0.613. The van der Waals surface area contributed by atoms with E-state index in [-0.39, 0.29) is 18.2 Å². The van der Waals surface area contributed by atoms with Crippen molar-refractivity contribution in [1.82, 2.24) is 0 Å². The van der Waals surface area contributed by atoms with Crippen molar-refractivity contribution in [3.63, 3.8) is 0 Å². The van der Waals surface area contributed by atoms with Crippen molar-refractivity contribution < 1.29 is 13.9 Å². The third-order valence-corrected chi connectivity index (χ3v) is 1.90. The number of halogens is 2. The second kappa shape index (κ2) is 5.75. The molecule has 1 aromatic rings. The van der Waals surface area contributed by atoms with Gasteiger partial charge in [0, 0.05) is 5.33 Å². The molecule has 0 aliphatic heterocycles. The molecular formula is C10H10BrFO2. The Hall–Kier alpha value is -0.900. The largest absolute Gasteiger partial charge is 0.465 e. The van der Waals surface area contributed by atoms with Crippen LogP contribution in [0.1, 0.15) is 5.56 Å². The van der Waals surface area contributed by atoms with Crippen molar-refractivity contribution in [2.24, 2.45) is 0 Å². The predicted molar refractivity (Wildman–Crippen MR) is 54.9 cm³/mol. The molecule has 14 heavy (non-hydrogen) atoms. The number of ether oxygens (including phenoxy) is 1. The van der Waals surface area contributed by atoms with E-state index in [0.29, 0.717) is 17.5 Å². The molecule has 0 aromatic heterocycles. The van der Waals surface area contributed by atoms with Crippen molar-refractivity contribution in [3.8, 4) is 0 Å². The number of rotatable bonds is 4. The Labute approximate surface area is 90.2 Å². The predicted octanol–water partition coefficient (Wildman–Crippen LogP) is 2.31. The lowest BCUT2D eigenvalue weighted by molar-refractivity contribution is -0.142. The molecule has 0 aliphatic carbocycles. The van der Waals surface area contributed by atoms with E-state index in [0.717, 1.165) is 0 Å². The van der Waals surface area contributed by atoms with Crippen LogP contribution in [-0.2, 0) is 16.0 Å². The van der Waals surface area contributed by atoms with Crippen molar-refractivity contribution in [2.45, 2.75) is 6.42 Å². The molecule has 1 rings (SSSR count). The fourth-order valence-corrected chi connectivity index (χ4v) is 1.18. The number of esters is 1. The van der Waals surface area contributed by atoms with Crippen LogP contribution in [0.3, 0.4) is 0 Å². The highest BCUT2D eigenvalue weighted by Crippen LogP contribution is 2.05. The van der Waals surface area contributed by atoms with E-state index in [4.69, 9.17) is 4.74 Å². The van der Waals surface area contributed by atoms with Gasteiger partial charge in [-0.1, -0.05) is 28.1 Å². The Morgan fingerprint density at radius 3 is 2.93 bits per heavy atom. The number of carbonyl (C=O) groups excluding carboxylic acids is 1. The van der Waals surface area contributed by atoms with Crippen LogP contribution in [0.5, 0.6) is 0 Å². The van der Waals surface area contributed by atoms with Crippen LogP contribution in [0.15, 0.2) is 24.3 Å². The van der Waals surface area contributed by atoms with Gasteiger partial charge < -0.3 is 4.74 Å². The summed E-state index contributed by atoms with van der Waals surface area (Å²) in [6.45, 7) is 0.341. The Kier molecular flexibility index (Phi) is 4.59. The average molecular weight is 261 g/mol. The van der Waals surface area contributed by atoms with Crippen molar-refractivity contribution in [1.29, 1.82) is 0 Å². The molecule has 0 aliphatic rings. The number of carbonyl (C=O) groups is 1. The van der Waals surface area contributed by atoms with Crippen molar-refractivity contribution in [2.75, 3.05) is 11.9 Å². The molecule has 0 amide bonds. The van der Waals surface area contributed by atoms with Gasteiger partial charge in [0.25, 0.3) is 0 Å². The van der Waals surface area contributed by atoms with Crippen LogP contribution >= 0.6 is 15.9 Å². The first kappa shape index (κ1) is 11.2. The molecule has 0 radical (unpaired) electrons. The van der Waals surface area contributed by atoms with Gasteiger partial charge in [-0.15, -0.1) is 0 Å². The Morgan fingerprint density at radius 2 is 2.29 bits per heavy atom. The second-order valence-electron chi connectivity index (χ2n) is 2.72. The average Bonchev–Trinajstić information content (AvgIpc) is 2.15. The van der Waals surface area contributed by atoms with Crippen LogP contribution in [0, 0.1) is 5.82 Å². The highest BCUT2D eigenvalue weighted by atomic mass is 79.9. The van der Waals surface area contributed by atoms with Crippen LogP contribution in [0.25, 0.3) is 0 Å². The van der Waals surface area contributed by atoms with E-state index in [1.165, 1.54) is 12.1 Å². The Morgan fingerprint density at radius 1 is 1.50 bits per heavy atom. The van der Waals surface area contributed by atoms with Crippen LogP contribution in [0.2, 0.25) is 0 Å². The third-order valence-electron chi connectivity index (χ3n) is 1.58. The highest BCUT2D eigenvalue weighted by Gasteiger charge is 2.04. The zero-order chi connectivity index (χ0) is 10.4. The summed E-state index contributed by atoms with van der Waals surface area (Å²) in [4.78, 5) is 11.1. The normalized spacial score (nSPS) is 9.86. The fraction of sp³-hybridized carbons (Fsp3) is 0.300. The standard InChI is InChI=1S/C10H10BrFO2/c11-4-5-14-10(13)7-8-2-1-3-9(12)6-8/h1-3,6H,4-5,7H2. The molecule has 76 valence electrons. The van der Waals surface area contributed by atoms with E-state index in [2.05, 4.69) is 15.9 Å². The molecule has 2 nitrogen and oxygen atoms in total. The van der Waals surface area contributed by atoms with Gasteiger partial charge in [0.15, 0.2) is 0 Å². The quantitative estimate of drug-likeness (QED) is 0.614. The molecule has 4 heteroatoms. The van der Waals surface area contributed by atoms with E-state index in [1.54, 1.807) is 12.1 Å². The maximum atomic E-state index is 12.7. The Balaban J connectivity index is 2.47. The lowest BCUT2D eigenvalue weighted by Crippen LogP contribution is -2.09. The molecule has 0 spiro atoms. The molecule has 0 fully saturated rings. The molecule has 0 atom stereocenters. The number of alkyl halides is 1. The Bertz CT molecular complexity index is 315. The second-order valence-corrected chi connectivity index (χ2v) is 3.51. The summed E-state index contributed by atoms with van der Waals surface area (Å²) in [6, 6.07) is 5.93. The monoisotopic (exact) mass is 260 g/mol. The number of benzene rings is 1. The van der Waals surface area contributed by atoms with Gasteiger partial charge in [-0.05, 0) is 17.7 Å². The van der Waals surface area contributed by atoms with Crippen molar-refractivity contribution in [3.05, 3.63) is 35.6 Å². The van der Waals surface area contributed by atoms with Gasteiger partial charge >= 0.3 is 5.97 Å². The van der Waals surface area contributed by atoms with Crippen LogP contribution in [0.4, 0.5) is 4.39 Å². The van der Waals surface area contributed by atoms with Gasteiger partial charge in [-0.3, -0.25) is 4.79 Å². The molecule has 0 heterocycles. The number of hydrogen-bond acceptors (Lipinski definition) is 2. The molecule has 0 N–H and O–H groups in total. The zero-order valence-corrected chi connectivity index (χ0v) is 9.09. The minimum atomic E-state index is -0.338. The van der Waals surface area contributed by atoms with E-state index < -0.39 is 0 Å². The van der Waals surface area contributed by atoms with Gasteiger partial charge in [0.05, 0.1) is 6.42 Å². The summed E-state index contributed by atoms with van der Waals surface area (Å²) >= 11 is 3.14. The summed E-state index contributed by atoms with van der Waals surface area (Å²) in [5.41, 5.74) is 0.629. The van der Waals surface area contributed by atoms with Crippen LogP contribution in [-0.4, -0.2) is 17.9 Å². The van der Waals surface area contributed by atoms with Crippen molar-refractivity contribution >= 4 is 21.9 Å². The van der Waals surface area contributed by atoms with Gasteiger partial charge in [-0.2, -0.15) is 0 Å². The number of hydrogen-bond donors (Lipinski definition) is 0. The fourth-order valence-electron chi connectivity index (χ4n) is 1.02. The summed E-state index contributed by atoms with van der Waals surface area (Å²) in [7, 11) is 0. The zero-order valence-electron chi connectivity index (χ0n) is 7.50. The first-order chi connectivity index (χ1) is 6.72. The van der Waals surface area contributed by atoms with Gasteiger partial charge in [-0.25, -0.2) is 4.39 Å². The maximum absolute atomic E-state index is 12.7. The highest BCUT2D eigenvalue weighted by molar-refractivity contribution is 9.09. The lowest BCUT2D eigenvalue weighted by Gasteiger charge is -2.02. The summed E-state index contributed by atoms with van der Waals surface area (Å²) in [6.07, 6.45) is 0.116. The minimum absolute atomic E-state index is 0.116. The minimum Gasteiger partial charge on any atom is -0.465 e. The molecule has 0 saturated heterocycles. The van der Waals surface area contributed by atoms with E-state index >= 15 is 0 Å². The summed E-state index contributed by atoms with van der Waals surface area (Å²) < 4.78 is 17.5.